The average molecular weight is 281 g/mol. The molecule has 0 unspecified atom stereocenters. The second-order valence-electron chi connectivity index (χ2n) is 3.51. The first-order valence-corrected chi connectivity index (χ1v) is 5.87. The molecule has 1 amide bonds. The van der Waals surface area contributed by atoms with Gasteiger partial charge in [0.25, 0.3) is 0 Å². The van der Waals surface area contributed by atoms with Gasteiger partial charge in [0.05, 0.1) is 21.4 Å². The highest BCUT2D eigenvalue weighted by atomic mass is 35.5. The molecule has 3 nitrogen and oxygen atoms in total. The molecule has 0 bridgehead atoms. The highest BCUT2D eigenvalue weighted by Crippen LogP contribution is 2.36. The molecule has 5 heteroatoms. The maximum atomic E-state index is 11.3. The van der Waals surface area contributed by atoms with Crippen molar-refractivity contribution in [2.45, 2.75) is 0 Å². The smallest absolute Gasteiger partial charge is 0.242 e. The van der Waals surface area contributed by atoms with E-state index in [9.17, 15) is 9.90 Å². The van der Waals surface area contributed by atoms with E-state index in [-0.39, 0.29) is 15.7 Å². The van der Waals surface area contributed by atoms with Gasteiger partial charge in [-0.25, -0.2) is 14.8 Å². The van der Waals surface area contributed by atoms with Gasteiger partial charge in [0.2, 0.25) is 0 Å². The van der Waals surface area contributed by atoms with Gasteiger partial charge in [-0.1, -0.05) is 47.5 Å². The van der Waals surface area contributed by atoms with Crippen LogP contribution in [-0.2, 0) is 5.11 Å². The molecule has 0 aliphatic heterocycles. The fourth-order valence-electron chi connectivity index (χ4n) is 1.59. The lowest BCUT2D eigenvalue weighted by Crippen LogP contribution is -2.22. The molecule has 0 aliphatic rings. The Labute approximate surface area is 114 Å². The number of benzene rings is 2. The first-order chi connectivity index (χ1) is 8.61. The van der Waals surface area contributed by atoms with Crippen molar-refractivity contribution in [1.29, 1.82) is 0 Å². The predicted molar refractivity (Wildman–Crippen MR) is 71.1 cm³/mol. The minimum absolute atomic E-state index is 0.173. The first kappa shape index (κ1) is 12.7. The van der Waals surface area contributed by atoms with E-state index < -0.39 is 6.09 Å². The third-order valence-corrected chi connectivity index (χ3v) is 3.18. The molecular weight excluding hydrogens is 273 g/mol. The summed E-state index contributed by atoms with van der Waals surface area (Å²) in [6.45, 7) is 0. The van der Waals surface area contributed by atoms with Crippen LogP contribution in [0.4, 0.5) is 16.2 Å². The van der Waals surface area contributed by atoms with Crippen molar-refractivity contribution in [3.8, 4) is 0 Å². The van der Waals surface area contributed by atoms with Crippen molar-refractivity contribution in [3.05, 3.63) is 58.6 Å². The number of nitrogens with zero attached hydrogens (tertiary/aromatic N) is 1. The zero-order chi connectivity index (χ0) is 13.1. The Kier molecular flexibility index (Phi) is 3.75. The number of hydrogen-bond acceptors (Lipinski definition) is 1. The molecular formula is C13H8Cl2NO2. The lowest BCUT2D eigenvalue weighted by molar-refractivity contribution is 0.179. The summed E-state index contributed by atoms with van der Waals surface area (Å²) in [5.74, 6) is 0. The maximum Gasteiger partial charge on any atom is 0.462 e. The van der Waals surface area contributed by atoms with Crippen LogP contribution in [0.1, 0.15) is 0 Å². The monoisotopic (exact) mass is 280 g/mol. The lowest BCUT2D eigenvalue weighted by Gasteiger charge is -2.19. The number of carbonyl (C=O) groups excluding carboxylic acids is 1. The van der Waals surface area contributed by atoms with Crippen molar-refractivity contribution < 1.29 is 9.90 Å². The van der Waals surface area contributed by atoms with Gasteiger partial charge in [-0.2, -0.15) is 0 Å². The SMILES string of the molecule is [O]C(=O)N(c1ccccc1)c1cccc(Cl)c1Cl. The van der Waals surface area contributed by atoms with Crippen LogP contribution in [0.25, 0.3) is 0 Å². The van der Waals surface area contributed by atoms with Gasteiger partial charge in [0.1, 0.15) is 0 Å². The van der Waals surface area contributed by atoms with E-state index in [0.29, 0.717) is 5.69 Å². The Morgan fingerprint density at radius 1 is 0.944 bits per heavy atom. The molecule has 0 fully saturated rings. The lowest BCUT2D eigenvalue weighted by atomic mass is 10.2. The molecule has 18 heavy (non-hydrogen) atoms. The topological polar surface area (TPSA) is 40.2 Å². The number of anilines is 2. The molecule has 2 aromatic carbocycles. The number of carbonyl (C=O) groups is 1. The van der Waals surface area contributed by atoms with Crippen molar-refractivity contribution in [2.75, 3.05) is 4.90 Å². The summed E-state index contributed by atoms with van der Waals surface area (Å²) in [7, 11) is 0. The summed E-state index contributed by atoms with van der Waals surface area (Å²) >= 11 is 11.9. The van der Waals surface area contributed by atoms with Gasteiger partial charge in [0, 0.05) is 0 Å². The van der Waals surface area contributed by atoms with Crippen LogP contribution < -0.4 is 4.90 Å². The highest BCUT2D eigenvalue weighted by Gasteiger charge is 2.21. The van der Waals surface area contributed by atoms with E-state index in [1.807, 2.05) is 0 Å². The van der Waals surface area contributed by atoms with Gasteiger partial charge < -0.3 is 0 Å². The second-order valence-corrected chi connectivity index (χ2v) is 4.29. The Morgan fingerprint density at radius 2 is 1.61 bits per heavy atom. The van der Waals surface area contributed by atoms with E-state index in [0.717, 1.165) is 4.90 Å². The normalized spacial score (nSPS) is 10.1. The van der Waals surface area contributed by atoms with Crippen LogP contribution >= 0.6 is 23.2 Å². The first-order valence-electron chi connectivity index (χ1n) is 5.11. The molecule has 0 saturated carbocycles. The molecule has 0 saturated heterocycles. The Bertz CT molecular complexity index is 572. The number of hydrogen-bond donors (Lipinski definition) is 0. The zero-order valence-electron chi connectivity index (χ0n) is 9.14. The van der Waals surface area contributed by atoms with Gasteiger partial charge in [-0.3, -0.25) is 0 Å². The molecule has 0 spiro atoms. The molecule has 91 valence electrons. The van der Waals surface area contributed by atoms with Crippen LogP contribution in [0.2, 0.25) is 10.0 Å². The van der Waals surface area contributed by atoms with Gasteiger partial charge in [0.15, 0.2) is 0 Å². The molecule has 0 N–H and O–H groups in total. The van der Waals surface area contributed by atoms with Crippen LogP contribution in [0.3, 0.4) is 0 Å². The van der Waals surface area contributed by atoms with Crippen LogP contribution in [0.5, 0.6) is 0 Å². The average Bonchev–Trinajstić information content (AvgIpc) is 2.36. The van der Waals surface area contributed by atoms with Crippen LogP contribution in [0, 0.1) is 0 Å². The number of rotatable bonds is 2. The van der Waals surface area contributed by atoms with Gasteiger partial charge >= 0.3 is 6.09 Å². The molecule has 0 aliphatic carbocycles. The maximum absolute atomic E-state index is 11.3. The van der Waals surface area contributed by atoms with Gasteiger partial charge in [-0.05, 0) is 24.3 Å². The fraction of sp³-hybridized carbons (Fsp3) is 0. The minimum atomic E-state index is -1.37. The van der Waals surface area contributed by atoms with E-state index in [1.165, 1.54) is 0 Å². The minimum Gasteiger partial charge on any atom is -0.242 e. The van der Waals surface area contributed by atoms with Crippen LogP contribution in [-0.4, -0.2) is 6.09 Å². The quantitative estimate of drug-likeness (QED) is 0.787. The van der Waals surface area contributed by atoms with E-state index in [4.69, 9.17) is 23.2 Å². The second kappa shape index (κ2) is 5.29. The van der Waals surface area contributed by atoms with Crippen LogP contribution in [0.15, 0.2) is 48.5 Å². The standard InChI is InChI=1S/C13H8Cl2NO2/c14-10-7-4-8-11(12(10)15)16(13(17)18)9-5-2-1-3-6-9/h1-8H. The third kappa shape index (κ3) is 2.42. The van der Waals surface area contributed by atoms with E-state index in [2.05, 4.69) is 0 Å². The Balaban J connectivity index is 2.56. The molecule has 0 heterocycles. The molecule has 0 atom stereocenters. The van der Waals surface area contributed by atoms with Crippen molar-refractivity contribution in [2.24, 2.45) is 0 Å². The number of amides is 1. The Morgan fingerprint density at radius 3 is 2.22 bits per heavy atom. The summed E-state index contributed by atoms with van der Waals surface area (Å²) in [4.78, 5) is 12.3. The van der Waals surface area contributed by atoms with E-state index >= 15 is 0 Å². The summed E-state index contributed by atoms with van der Waals surface area (Å²) in [6.07, 6.45) is -1.37. The molecule has 2 rings (SSSR count). The largest absolute Gasteiger partial charge is 0.462 e. The van der Waals surface area contributed by atoms with Crippen molar-refractivity contribution in [1.82, 2.24) is 0 Å². The summed E-state index contributed by atoms with van der Waals surface area (Å²) in [5.41, 5.74) is 0.719. The molecule has 2 aromatic rings. The molecule has 0 aromatic heterocycles. The molecule has 1 radical (unpaired) electrons. The van der Waals surface area contributed by atoms with Crippen molar-refractivity contribution in [3.63, 3.8) is 0 Å². The number of halogens is 2. The summed E-state index contributed by atoms with van der Waals surface area (Å²) < 4.78 is 0. The highest BCUT2D eigenvalue weighted by molar-refractivity contribution is 6.44. The summed E-state index contributed by atoms with van der Waals surface area (Å²) in [6, 6.07) is 13.3. The van der Waals surface area contributed by atoms with E-state index in [1.54, 1.807) is 48.5 Å². The third-order valence-electron chi connectivity index (χ3n) is 2.37. The number of para-hydroxylation sites is 1. The zero-order valence-corrected chi connectivity index (χ0v) is 10.7. The summed E-state index contributed by atoms with van der Waals surface area (Å²) in [5, 5.41) is 11.7. The van der Waals surface area contributed by atoms with Gasteiger partial charge in [-0.15, -0.1) is 0 Å². The van der Waals surface area contributed by atoms with Crippen molar-refractivity contribution >= 4 is 40.7 Å². The Hall–Kier alpha value is -1.71. The fourth-order valence-corrected chi connectivity index (χ4v) is 1.97. The predicted octanol–water partition coefficient (Wildman–Crippen LogP) is 4.68.